The van der Waals surface area contributed by atoms with Gasteiger partial charge in [0.1, 0.15) is 0 Å². The molecule has 8 heteroatoms. The number of nitrogens with zero attached hydrogens (tertiary/aromatic N) is 2. The number of carbonyl (C=O) groups is 3. The first kappa shape index (κ1) is 21.8. The fraction of sp³-hybridized carbons (Fsp3) is 0.200. The van der Waals surface area contributed by atoms with Crippen LogP contribution in [0.1, 0.15) is 28.8 Å². The van der Waals surface area contributed by atoms with Crippen molar-refractivity contribution >= 4 is 61.9 Å². The number of carboxylic acids is 1. The van der Waals surface area contributed by atoms with Crippen LogP contribution in [0.4, 0.5) is 5.69 Å². The lowest BCUT2D eigenvalue weighted by Crippen LogP contribution is -2.30. The number of fused-ring (bicyclic) bond motifs is 2. The molecule has 2 aromatic carbocycles. The number of allylic oxidation sites excluding steroid dienone is 2. The smallest absolute Gasteiger partial charge is 0.336 e. The Hall–Kier alpha value is -3.03. The van der Waals surface area contributed by atoms with E-state index in [0.29, 0.717) is 55.7 Å². The van der Waals surface area contributed by atoms with Crippen molar-refractivity contribution in [1.29, 1.82) is 0 Å². The highest BCUT2D eigenvalue weighted by atomic mass is 79.9. The Kier molecular flexibility index (Phi) is 5.34. The molecule has 5 rings (SSSR count). The molecule has 0 saturated carbocycles. The van der Waals surface area contributed by atoms with Crippen LogP contribution in [-0.4, -0.2) is 27.9 Å². The number of pyridine rings is 1. The maximum atomic E-state index is 12.8. The number of aryl methyl sites for hydroxylation is 1. The molecule has 0 bridgehead atoms. The number of carbonyl (C=O) groups excluding carboxylic acids is 2. The highest BCUT2D eigenvalue weighted by Crippen LogP contribution is 2.39. The van der Waals surface area contributed by atoms with Crippen LogP contribution >= 0.6 is 27.5 Å². The van der Waals surface area contributed by atoms with Gasteiger partial charge in [0.25, 0.3) is 0 Å². The minimum absolute atomic E-state index is 0.112. The van der Waals surface area contributed by atoms with E-state index in [1.807, 2.05) is 12.2 Å². The van der Waals surface area contributed by atoms with Gasteiger partial charge in [-0.15, -0.1) is 0 Å². The number of carboxylic acid groups (broad SMARTS) is 1. The summed E-state index contributed by atoms with van der Waals surface area (Å²) in [5.74, 6) is -2.01. The Labute approximate surface area is 203 Å². The second-order valence-corrected chi connectivity index (χ2v) is 9.50. The van der Waals surface area contributed by atoms with Crippen LogP contribution in [0.15, 0.2) is 53.0 Å². The van der Waals surface area contributed by atoms with Crippen LogP contribution < -0.4 is 4.90 Å². The van der Waals surface area contributed by atoms with Crippen LogP contribution in [-0.2, 0) is 9.59 Å². The van der Waals surface area contributed by atoms with Crippen molar-refractivity contribution in [2.75, 3.05) is 4.90 Å². The summed E-state index contributed by atoms with van der Waals surface area (Å²) in [5, 5.41) is 10.8. The molecule has 1 saturated heterocycles. The van der Waals surface area contributed by atoms with E-state index in [0.717, 1.165) is 0 Å². The summed E-state index contributed by atoms with van der Waals surface area (Å²) in [6.07, 6.45) is 5.08. The van der Waals surface area contributed by atoms with Crippen LogP contribution in [0.2, 0.25) is 5.02 Å². The number of imide groups is 1. The van der Waals surface area contributed by atoms with Gasteiger partial charge in [-0.3, -0.25) is 14.5 Å². The van der Waals surface area contributed by atoms with Gasteiger partial charge in [0, 0.05) is 15.4 Å². The van der Waals surface area contributed by atoms with E-state index in [4.69, 9.17) is 11.6 Å². The van der Waals surface area contributed by atoms with Gasteiger partial charge in [0.15, 0.2) is 0 Å². The molecule has 6 nitrogen and oxygen atoms in total. The number of anilines is 1. The molecule has 33 heavy (non-hydrogen) atoms. The van der Waals surface area contributed by atoms with Gasteiger partial charge in [0.05, 0.1) is 39.3 Å². The number of hydrogen-bond donors (Lipinski definition) is 1. The van der Waals surface area contributed by atoms with Gasteiger partial charge in [-0.1, -0.05) is 35.9 Å². The fourth-order valence-corrected chi connectivity index (χ4v) is 5.29. The molecule has 3 aromatic rings. The molecule has 2 amide bonds. The largest absolute Gasteiger partial charge is 0.478 e. The summed E-state index contributed by atoms with van der Waals surface area (Å²) in [5.41, 5.74) is 2.92. The third kappa shape index (κ3) is 3.47. The summed E-state index contributed by atoms with van der Waals surface area (Å²) in [6.45, 7) is 1.79. The SMILES string of the molecule is Cc1c(Cl)c(Br)cc2c(C(=O)O)cc(-c3ccc(N4C(=O)C5CC=CCC5C4=O)cc3)nc12. The maximum Gasteiger partial charge on any atom is 0.336 e. The molecule has 2 aliphatic rings. The van der Waals surface area contributed by atoms with Crippen molar-refractivity contribution in [2.45, 2.75) is 19.8 Å². The second kappa shape index (κ2) is 8.08. The summed E-state index contributed by atoms with van der Waals surface area (Å²) in [6, 6.07) is 10.1. The molecule has 0 radical (unpaired) electrons. The first-order chi connectivity index (χ1) is 15.8. The third-order valence-electron chi connectivity index (χ3n) is 6.38. The molecule has 1 aliphatic carbocycles. The van der Waals surface area contributed by atoms with Gasteiger partial charge in [0.2, 0.25) is 11.8 Å². The normalized spacial score (nSPS) is 19.9. The monoisotopic (exact) mass is 524 g/mol. The zero-order chi connectivity index (χ0) is 23.4. The highest BCUT2D eigenvalue weighted by molar-refractivity contribution is 9.10. The van der Waals surface area contributed by atoms with Gasteiger partial charge < -0.3 is 5.11 Å². The van der Waals surface area contributed by atoms with E-state index in [1.165, 1.54) is 11.0 Å². The number of aromatic carboxylic acids is 1. The Morgan fingerprint density at radius 2 is 1.70 bits per heavy atom. The number of hydrogen-bond acceptors (Lipinski definition) is 4. The van der Waals surface area contributed by atoms with Crippen LogP contribution in [0.5, 0.6) is 0 Å². The van der Waals surface area contributed by atoms with E-state index in [-0.39, 0.29) is 29.2 Å². The topological polar surface area (TPSA) is 87.6 Å². The zero-order valence-electron chi connectivity index (χ0n) is 17.5. The predicted octanol–water partition coefficient (Wildman–Crippen LogP) is 5.78. The van der Waals surface area contributed by atoms with E-state index < -0.39 is 5.97 Å². The van der Waals surface area contributed by atoms with Crippen LogP contribution in [0.25, 0.3) is 22.2 Å². The molecule has 2 unspecified atom stereocenters. The number of rotatable bonds is 3. The number of aromatic nitrogens is 1. The number of halogens is 2. The Bertz CT molecular complexity index is 1360. The lowest BCUT2D eigenvalue weighted by atomic mass is 9.85. The zero-order valence-corrected chi connectivity index (χ0v) is 19.9. The Morgan fingerprint density at radius 1 is 1.09 bits per heavy atom. The number of amides is 2. The van der Waals surface area contributed by atoms with E-state index >= 15 is 0 Å². The first-order valence-corrected chi connectivity index (χ1v) is 11.6. The van der Waals surface area contributed by atoms with Crippen LogP contribution in [0.3, 0.4) is 0 Å². The average Bonchev–Trinajstić information content (AvgIpc) is 3.07. The van der Waals surface area contributed by atoms with Crippen LogP contribution in [0, 0.1) is 18.8 Å². The van der Waals surface area contributed by atoms with Crippen molar-refractivity contribution in [2.24, 2.45) is 11.8 Å². The molecular weight excluding hydrogens is 508 g/mol. The lowest BCUT2D eigenvalue weighted by Gasteiger charge is -2.16. The second-order valence-electron chi connectivity index (χ2n) is 8.27. The maximum absolute atomic E-state index is 12.8. The molecule has 2 heterocycles. The fourth-order valence-electron chi connectivity index (χ4n) is 4.62. The summed E-state index contributed by atoms with van der Waals surface area (Å²) < 4.78 is 0.603. The van der Waals surface area contributed by atoms with Gasteiger partial charge in [-0.2, -0.15) is 0 Å². The van der Waals surface area contributed by atoms with Gasteiger partial charge >= 0.3 is 5.97 Å². The van der Waals surface area contributed by atoms with E-state index in [2.05, 4.69) is 20.9 Å². The average molecular weight is 526 g/mol. The number of benzene rings is 2. The Morgan fingerprint density at radius 3 is 2.27 bits per heavy atom. The van der Waals surface area contributed by atoms with Gasteiger partial charge in [-0.25, -0.2) is 9.78 Å². The molecular formula is C25H18BrClN2O4. The molecule has 1 aliphatic heterocycles. The first-order valence-electron chi connectivity index (χ1n) is 10.4. The highest BCUT2D eigenvalue weighted by Gasteiger charge is 2.47. The van der Waals surface area contributed by atoms with E-state index in [1.54, 1.807) is 37.3 Å². The molecule has 0 spiro atoms. The standard InChI is InChI=1S/C25H18BrClN2O4/c1-12-21(27)19(26)10-17-18(25(32)33)11-20(28-22(12)17)13-6-8-14(9-7-13)29-23(30)15-4-2-3-5-16(15)24(29)31/h2-3,6-11,15-16H,4-5H2,1H3,(H,32,33). The molecule has 1 fully saturated rings. The van der Waals surface area contributed by atoms with Crippen molar-refractivity contribution in [1.82, 2.24) is 4.98 Å². The lowest BCUT2D eigenvalue weighted by molar-refractivity contribution is -0.122. The van der Waals surface area contributed by atoms with Crippen molar-refractivity contribution in [3.63, 3.8) is 0 Å². The van der Waals surface area contributed by atoms with Crippen molar-refractivity contribution in [3.8, 4) is 11.3 Å². The molecule has 2 atom stereocenters. The predicted molar refractivity (Wildman–Crippen MR) is 129 cm³/mol. The van der Waals surface area contributed by atoms with E-state index in [9.17, 15) is 19.5 Å². The van der Waals surface area contributed by atoms with Crippen molar-refractivity contribution < 1.29 is 19.5 Å². The summed E-state index contributed by atoms with van der Waals surface area (Å²) >= 11 is 9.72. The Balaban J connectivity index is 1.56. The minimum atomic E-state index is -1.07. The van der Waals surface area contributed by atoms with Crippen molar-refractivity contribution in [3.05, 3.63) is 69.2 Å². The molecule has 1 N–H and O–H groups in total. The summed E-state index contributed by atoms with van der Waals surface area (Å²) in [4.78, 5) is 43.6. The molecule has 166 valence electrons. The molecule has 1 aromatic heterocycles. The minimum Gasteiger partial charge on any atom is -0.478 e. The third-order valence-corrected chi connectivity index (χ3v) is 7.72. The van der Waals surface area contributed by atoms with Gasteiger partial charge in [-0.05, 0) is 65.5 Å². The quantitative estimate of drug-likeness (QED) is 0.346. The summed E-state index contributed by atoms with van der Waals surface area (Å²) in [7, 11) is 0.